The number of oxime groups is 3. The first-order valence-corrected chi connectivity index (χ1v) is 14.2. The van der Waals surface area contributed by atoms with Crippen LogP contribution in [0.5, 0.6) is 0 Å². The van der Waals surface area contributed by atoms with Crippen LogP contribution in [-0.2, 0) is 0 Å². The monoisotopic (exact) mass is 629 g/mol. The highest BCUT2D eigenvalue weighted by atomic mass is 32.1. The number of aromatic amines is 1. The third kappa shape index (κ3) is 9.42. The Bertz CT molecular complexity index is 1640. The zero-order chi connectivity index (χ0) is 30.2. The number of aryl methyl sites for hydroxylation is 3. The van der Waals surface area contributed by atoms with Gasteiger partial charge >= 0.3 is 0 Å². The Labute approximate surface area is 249 Å². The molecule has 6 aromatic heterocycles. The fraction of sp³-hybridized carbons (Fsp3) is 0.143. The van der Waals surface area contributed by atoms with Crippen molar-refractivity contribution in [1.82, 2.24) is 61.0 Å². The van der Waals surface area contributed by atoms with Crippen molar-refractivity contribution in [2.45, 2.75) is 20.8 Å². The summed E-state index contributed by atoms with van der Waals surface area (Å²) in [6.07, 6.45) is 1.40. The Hall–Kier alpha value is -5.28. The second-order valence-electron chi connectivity index (χ2n) is 7.40. The van der Waals surface area contributed by atoms with Gasteiger partial charge in [-0.3, -0.25) is 0 Å². The van der Waals surface area contributed by atoms with Crippen molar-refractivity contribution >= 4 is 51.9 Å². The fourth-order valence-corrected chi connectivity index (χ4v) is 4.53. The van der Waals surface area contributed by atoms with E-state index in [1.54, 1.807) is 32.1 Å². The molecule has 6 rings (SSSR count). The summed E-state index contributed by atoms with van der Waals surface area (Å²) in [5.41, 5.74) is 2.49. The quantitative estimate of drug-likeness (QED) is 0.0955. The average Bonchev–Trinajstić information content (AvgIpc) is 3.82. The molecule has 0 aliphatic carbocycles. The lowest BCUT2D eigenvalue weighted by molar-refractivity contribution is 0.315. The minimum Gasteiger partial charge on any atom is -0.411 e. The molecular weight excluding hydrogens is 607 g/mol. The number of aromatic nitrogens is 12. The van der Waals surface area contributed by atoms with E-state index in [2.05, 4.69) is 67.0 Å². The van der Waals surface area contributed by atoms with Gasteiger partial charge < -0.3 is 15.6 Å². The molecule has 42 heavy (non-hydrogen) atoms. The van der Waals surface area contributed by atoms with Gasteiger partial charge in [0, 0.05) is 27.5 Å². The molecule has 4 N–H and O–H groups in total. The highest BCUT2D eigenvalue weighted by molar-refractivity contribution is 7.08. The van der Waals surface area contributed by atoms with E-state index in [0.717, 1.165) is 16.7 Å². The zero-order valence-electron chi connectivity index (χ0n) is 22.1. The van der Waals surface area contributed by atoms with Crippen LogP contribution in [0, 0.1) is 20.8 Å². The number of nitrogens with zero attached hydrogens (tertiary/aromatic N) is 14. The highest BCUT2D eigenvalue weighted by Gasteiger charge is 2.12. The largest absolute Gasteiger partial charge is 0.411 e. The summed E-state index contributed by atoms with van der Waals surface area (Å²) in [5, 5.41) is 81.2. The first-order chi connectivity index (χ1) is 20.5. The van der Waals surface area contributed by atoms with Crippen LogP contribution in [0.4, 0.5) is 0 Å². The van der Waals surface area contributed by atoms with Gasteiger partial charge in [0.25, 0.3) is 0 Å². The summed E-state index contributed by atoms with van der Waals surface area (Å²) in [5.74, 6) is 2.38. The lowest BCUT2D eigenvalue weighted by Crippen LogP contribution is -2.16. The molecular formula is C21H23N15O3S3. The molecule has 6 aromatic rings. The standard InChI is InChI=1S/2C7H7N5OS.C5H5NOS.C2H4N4/c1-5-8-10-11-12(5)7(9-13)6-2-3-14-4-6;1-5-8-11-12(9-5)7(10-13)6-2-3-14-4-6;7-6-3-5-1-2-8-4-5;1-2-3-5-6-4-2/h2*2-4,13H,1H3;1-4,7H;1H3,(H,3,4,5,6)/b9-7+;10-7+;6-3-;. The Balaban J connectivity index is 0.000000162. The van der Waals surface area contributed by atoms with Crippen molar-refractivity contribution in [3.8, 4) is 0 Å². The van der Waals surface area contributed by atoms with Crippen LogP contribution in [0.3, 0.4) is 0 Å². The van der Waals surface area contributed by atoms with Crippen LogP contribution < -0.4 is 0 Å². The summed E-state index contributed by atoms with van der Waals surface area (Å²) < 4.78 is 1.38. The topological polar surface area (TPSA) is 239 Å². The number of tetrazole rings is 3. The van der Waals surface area contributed by atoms with Crippen molar-refractivity contribution in [2.24, 2.45) is 15.5 Å². The summed E-state index contributed by atoms with van der Waals surface area (Å²) in [7, 11) is 0. The molecule has 21 heteroatoms. The molecule has 0 saturated heterocycles. The van der Waals surface area contributed by atoms with E-state index in [4.69, 9.17) is 15.6 Å². The molecule has 0 unspecified atom stereocenters. The Morgan fingerprint density at radius 3 is 1.88 bits per heavy atom. The third-order valence-electron chi connectivity index (χ3n) is 4.48. The molecule has 0 spiro atoms. The Kier molecular flexibility index (Phi) is 12.5. The van der Waals surface area contributed by atoms with E-state index in [-0.39, 0.29) is 5.84 Å². The van der Waals surface area contributed by atoms with Gasteiger partial charge in [-0.2, -0.15) is 43.9 Å². The second kappa shape index (κ2) is 16.7. The van der Waals surface area contributed by atoms with E-state index < -0.39 is 0 Å². The minimum absolute atomic E-state index is 0.270. The highest BCUT2D eigenvalue weighted by Crippen LogP contribution is 2.09. The van der Waals surface area contributed by atoms with Crippen LogP contribution in [0.15, 0.2) is 65.9 Å². The predicted molar refractivity (Wildman–Crippen MR) is 154 cm³/mol. The maximum absolute atomic E-state index is 8.87. The van der Waals surface area contributed by atoms with Crippen LogP contribution in [0.2, 0.25) is 0 Å². The Morgan fingerprint density at radius 2 is 1.48 bits per heavy atom. The number of hydrogen-bond acceptors (Lipinski definition) is 18. The normalized spacial score (nSPS) is 11.2. The summed E-state index contributed by atoms with van der Waals surface area (Å²) >= 11 is 4.59. The van der Waals surface area contributed by atoms with Crippen molar-refractivity contribution in [3.05, 3.63) is 84.6 Å². The van der Waals surface area contributed by atoms with Crippen LogP contribution in [0.1, 0.15) is 34.2 Å². The molecule has 0 atom stereocenters. The fourth-order valence-electron chi connectivity index (χ4n) is 2.65. The number of thiophene rings is 3. The number of H-pyrrole nitrogens is 1. The van der Waals surface area contributed by atoms with Crippen molar-refractivity contribution in [2.75, 3.05) is 0 Å². The second-order valence-corrected chi connectivity index (χ2v) is 9.74. The van der Waals surface area contributed by atoms with E-state index in [1.807, 2.05) is 50.5 Å². The number of hydrogen-bond donors (Lipinski definition) is 4. The predicted octanol–water partition coefficient (Wildman–Crippen LogP) is 2.52. The van der Waals surface area contributed by atoms with Crippen LogP contribution in [-0.4, -0.2) is 94.5 Å². The first kappa shape index (κ1) is 31.3. The molecule has 0 amide bonds. The van der Waals surface area contributed by atoms with E-state index in [1.165, 1.54) is 38.4 Å². The SMILES string of the molecule is Cc1nn[nH]n1.Cc1nnn(/C(=N/O)c2ccsc2)n1.Cc1nnnn1/C(=N/O)c1ccsc1.O/N=C\c1ccsc1. The van der Waals surface area contributed by atoms with Gasteiger partial charge in [0.1, 0.15) is 0 Å². The zero-order valence-corrected chi connectivity index (χ0v) is 24.6. The van der Waals surface area contributed by atoms with E-state index >= 15 is 0 Å². The minimum atomic E-state index is 0.270. The van der Waals surface area contributed by atoms with E-state index in [9.17, 15) is 0 Å². The van der Waals surface area contributed by atoms with Gasteiger partial charge in [-0.25, -0.2) is 0 Å². The maximum Gasteiger partial charge on any atom is 0.222 e. The summed E-state index contributed by atoms with van der Waals surface area (Å²) in [6, 6.07) is 5.53. The molecule has 0 fully saturated rings. The number of nitrogens with one attached hydrogen (secondary N) is 1. The van der Waals surface area contributed by atoms with Crippen LogP contribution in [0.25, 0.3) is 0 Å². The molecule has 0 saturated carbocycles. The van der Waals surface area contributed by atoms with Crippen LogP contribution >= 0.6 is 34.0 Å². The Morgan fingerprint density at radius 1 is 0.810 bits per heavy atom. The first-order valence-electron chi connectivity index (χ1n) is 11.4. The lowest BCUT2D eigenvalue weighted by atomic mass is 10.3. The van der Waals surface area contributed by atoms with Gasteiger partial charge in [-0.15, -0.1) is 30.3 Å². The molecule has 0 aromatic carbocycles. The number of rotatable bonds is 3. The van der Waals surface area contributed by atoms with Crippen molar-refractivity contribution < 1.29 is 15.6 Å². The third-order valence-corrected chi connectivity index (χ3v) is 6.55. The molecule has 0 radical (unpaired) electrons. The molecule has 0 aliphatic heterocycles. The maximum atomic E-state index is 8.87. The summed E-state index contributed by atoms with van der Waals surface area (Å²) in [6.45, 7) is 5.22. The molecule has 0 bridgehead atoms. The van der Waals surface area contributed by atoms with Gasteiger partial charge in [0.15, 0.2) is 17.5 Å². The molecule has 18 nitrogen and oxygen atoms in total. The van der Waals surface area contributed by atoms with Crippen molar-refractivity contribution in [3.63, 3.8) is 0 Å². The van der Waals surface area contributed by atoms with Gasteiger partial charge in [-0.05, 0) is 76.1 Å². The smallest absolute Gasteiger partial charge is 0.222 e. The molecule has 218 valence electrons. The van der Waals surface area contributed by atoms with E-state index in [0.29, 0.717) is 23.3 Å². The lowest BCUT2D eigenvalue weighted by Gasteiger charge is -2.00. The molecule has 6 heterocycles. The van der Waals surface area contributed by atoms with Gasteiger partial charge in [0.2, 0.25) is 11.7 Å². The average molecular weight is 630 g/mol. The van der Waals surface area contributed by atoms with Crippen molar-refractivity contribution in [1.29, 1.82) is 0 Å². The molecule has 0 aliphatic rings. The van der Waals surface area contributed by atoms with Gasteiger partial charge in [-0.1, -0.05) is 20.7 Å². The van der Waals surface area contributed by atoms with Gasteiger partial charge in [0.05, 0.1) is 6.21 Å². The summed E-state index contributed by atoms with van der Waals surface area (Å²) in [4.78, 5) is 1.19.